The summed E-state index contributed by atoms with van der Waals surface area (Å²) in [6, 6.07) is 58.3. The molecule has 0 saturated heterocycles. The third-order valence-electron chi connectivity index (χ3n) is 9.74. The molecule has 48 heavy (non-hydrogen) atoms. The van der Waals surface area contributed by atoms with E-state index in [4.69, 9.17) is 8.83 Å². The first-order valence-electron chi connectivity index (χ1n) is 16.3. The van der Waals surface area contributed by atoms with Crippen LogP contribution < -0.4 is 0 Å². The molecule has 2 aromatic heterocycles. The molecule has 0 aliphatic carbocycles. The van der Waals surface area contributed by atoms with Crippen molar-refractivity contribution in [3.8, 4) is 44.5 Å². The number of fused-ring (bicyclic) bond motifs is 7. The van der Waals surface area contributed by atoms with Gasteiger partial charge in [0.05, 0.1) is 6.26 Å². The van der Waals surface area contributed by atoms with Crippen molar-refractivity contribution in [3.05, 3.63) is 170 Å². The fraction of sp³-hybridized carbons (Fsp3) is 0. The topological polar surface area (TPSA) is 26.3 Å². The van der Waals surface area contributed by atoms with E-state index in [2.05, 4.69) is 146 Å². The highest BCUT2D eigenvalue weighted by Gasteiger charge is 2.20. The highest BCUT2D eigenvalue weighted by Crippen LogP contribution is 2.46. The van der Waals surface area contributed by atoms with E-state index in [1.54, 1.807) is 0 Å². The van der Waals surface area contributed by atoms with Gasteiger partial charge < -0.3 is 8.83 Å². The summed E-state index contributed by atoms with van der Waals surface area (Å²) in [6.07, 6.45) is 1.86. The van der Waals surface area contributed by atoms with Crippen LogP contribution in [0.3, 0.4) is 0 Å². The Labute approximate surface area is 277 Å². The van der Waals surface area contributed by atoms with Crippen molar-refractivity contribution in [3.63, 3.8) is 0 Å². The van der Waals surface area contributed by atoms with Crippen molar-refractivity contribution in [1.29, 1.82) is 0 Å². The van der Waals surface area contributed by atoms with Crippen LogP contribution in [-0.2, 0) is 0 Å². The quantitative estimate of drug-likeness (QED) is 0.185. The van der Waals surface area contributed by atoms with Crippen LogP contribution in [0.2, 0.25) is 0 Å². The summed E-state index contributed by atoms with van der Waals surface area (Å²) in [5.74, 6) is 0. The van der Waals surface area contributed by atoms with E-state index in [9.17, 15) is 0 Å². The smallest absolute Gasteiger partial charge is 0.136 e. The Kier molecular flexibility index (Phi) is 5.91. The highest BCUT2D eigenvalue weighted by atomic mass is 16.3. The van der Waals surface area contributed by atoms with Crippen LogP contribution in [-0.4, -0.2) is 0 Å². The Balaban J connectivity index is 1.21. The van der Waals surface area contributed by atoms with E-state index >= 15 is 0 Å². The molecular weight excluding hydrogens is 585 g/mol. The molecule has 2 heterocycles. The van der Waals surface area contributed by atoms with Gasteiger partial charge in [-0.2, -0.15) is 0 Å². The van der Waals surface area contributed by atoms with Gasteiger partial charge in [-0.05, 0) is 90.8 Å². The maximum Gasteiger partial charge on any atom is 0.136 e. The SMILES string of the molecule is c1ccc(-c2cccc(-c3c4ccccc4c(-c4ccc5c(c4)oc4ccc6occ(-c7ccccc7)c6c45)c4ccccc34)c2)cc1. The molecule has 10 aromatic rings. The molecular formula is C46H28O2. The maximum atomic E-state index is 6.61. The lowest BCUT2D eigenvalue weighted by molar-refractivity contribution is 0.616. The lowest BCUT2D eigenvalue weighted by Gasteiger charge is -2.18. The molecule has 2 heteroatoms. The Hall–Kier alpha value is -6.38. The zero-order valence-electron chi connectivity index (χ0n) is 26.0. The van der Waals surface area contributed by atoms with Gasteiger partial charge in [-0.3, -0.25) is 0 Å². The van der Waals surface area contributed by atoms with Crippen molar-refractivity contribution in [2.75, 3.05) is 0 Å². The largest absolute Gasteiger partial charge is 0.464 e. The van der Waals surface area contributed by atoms with Gasteiger partial charge in [0, 0.05) is 21.7 Å². The molecule has 0 radical (unpaired) electrons. The Morgan fingerprint density at radius 1 is 0.312 bits per heavy atom. The molecule has 0 spiro atoms. The number of hydrogen-bond donors (Lipinski definition) is 0. The van der Waals surface area contributed by atoms with Gasteiger partial charge in [0.1, 0.15) is 16.7 Å². The molecule has 0 unspecified atom stereocenters. The van der Waals surface area contributed by atoms with Gasteiger partial charge in [0.15, 0.2) is 0 Å². The molecule has 0 aliphatic heterocycles. The van der Waals surface area contributed by atoms with E-state index in [1.807, 2.05) is 24.5 Å². The van der Waals surface area contributed by atoms with Gasteiger partial charge in [-0.15, -0.1) is 0 Å². The molecule has 8 aromatic carbocycles. The second-order valence-electron chi connectivity index (χ2n) is 12.4. The molecule has 0 saturated carbocycles. The molecule has 224 valence electrons. The Morgan fingerprint density at radius 2 is 0.854 bits per heavy atom. The molecule has 0 amide bonds. The van der Waals surface area contributed by atoms with Crippen molar-refractivity contribution in [1.82, 2.24) is 0 Å². The first-order chi connectivity index (χ1) is 23.8. The number of benzene rings is 8. The fourth-order valence-corrected chi connectivity index (χ4v) is 7.62. The second kappa shape index (κ2) is 10.6. The van der Waals surface area contributed by atoms with Gasteiger partial charge in [-0.25, -0.2) is 0 Å². The van der Waals surface area contributed by atoms with Crippen molar-refractivity contribution >= 4 is 54.5 Å². The minimum atomic E-state index is 0.858. The summed E-state index contributed by atoms with van der Waals surface area (Å²) in [5, 5.41) is 8.15. The molecule has 0 N–H and O–H groups in total. The standard InChI is InChI=1S/C46H28O2/c1-3-12-29(13-4-1)31-16-11-17-32(26-31)43-34-18-7-9-20-36(34)44(37-21-10-8-19-35(37)43)33-22-23-38-42(27-33)48-41-25-24-40-46(45(38)41)39(28-47-40)30-14-5-2-6-15-30/h1-28H. The zero-order chi connectivity index (χ0) is 31.6. The summed E-state index contributed by atoms with van der Waals surface area (Å²) in [5.41, 5.74) is 12.0. The maximum absolute atomic E-state index is 6.61. The van der Waals surface area contributed by atoms with Crippen molar-refractivity contribution in [2.24, 2.45) is 0 Å². The van der Waals surface area contributed by atoms with Gasteiger partial charge >= 0.3 is 0 Å². The third-order valence-corrected chi connectivity index (χ3v) is 9.74. The summed E-state index contributed by atoms with van der Waals surface area (Å²) in [7, 11) is 0. The first-order valence-corrected chi connectivity index (χ1v) is 16.3. The van der Waals surface area contributed by atoms with Crippen molar-refractivity contribution in [2.45, 2.75) is 0 Å². The summed E-state index contributed by atoms with van der Waals surface area (Å²) in [6.45, 7) is 0. The second-order valence-corrected chi connectivity index (χ2v) is 12.4. The molecule has 0 bridgehead atoms. The van der Waals surface area contributed by atoms with Crippen LogP contribution in [0.25, 0.3) is 99.0 Å². The minimum Gasteiger partial charge on any atom is -0.464 e. The predicted octanol–water partition coefficient (Wildman–Crippen LogP) is 13.3. The third kappa shape index (κ3) is 4.06. The first kappa shape index (κ1) is 26.8. The minimum absolute atomic E-state index is 0.858. The molecule has 10 rings (SSSR count). The van der Waals surface area contributed by atoms with E-state index in [0.29, 0.717) is 0 Å². The number of furan rings is 2. The number of rotatable bonds is 4. The lowest BCUT2D eigenvalue weighted by Crippen LogP contribution is -1.91. The van der Waals surface area contributed by atoms with E-state index in [-0.39, 0.29) is 0 Å². The van der Waals surface area contributed by atoms with Gasteiger partial charge in [0.2, 0.25) is 0 Å². The number of hydrogen-bond acceptors (Lipinski definition) is 2. The van der Waals surface area contributed by atoms with Crippen LogP contribution >= 0.6 is 0 Å². The normalized spacial score (nSPS) is 11.8. The lowest BCUT2D eigenvalue weighted by atomic mass is 9.85. The van der Waals surface area contributed by atoms with Gasteiger partial charge in [0.25, 0.3) is 0 Å². The average Bonchev–Trinajstić information content (AvgIpc) is 3.76. The Bertz CT molecular complexity index is 2760. The summed E-state index contributed by atoms with van der Waals surface area (Å²) in [4.78, 5) is 0. The molecule has 0 aliphatic rings. The van der Waals surface area contributed by atoms with Crippen LogP contribution in [0, 0.1) is 0 Å². The highest BCUT2D eigenvalue weighted by molar-refractivity contribution is 6.24. The monoisotopic (exact) mass is 612 g/mol. The van der Waals surface area contributed by atoms with Crippen LogP contribution in [0.4, 0.5) is 0 Å². The summed E-state index contributed by atoms with van der Waals surface area (Å²) >= 11 is 0. The predicted molar refractivity (Wildman–Crippen MR) is 200 cm³/mol. The van der Waals surface area contributed by atoms with E-state index < -0.39 is 0 Å². The van der Waals surface area contributed by atoms with Crippen molar-refractivity contribution < 1.29 is 8.83 Å². The Morgan fingerprint density at radius 3 is 1.52 bits per heavy atom. The van der Waals surface area contributed by atoms with Crippen LogP contribution in [0.15, 0.2) is 179 Å². The van der Waals surface area contributed by atoms with E-state index in [0.717, 1.165) is 49.6 Å². The molecule has 0 atom stereocenters. The van der Waals surface area contributed by atoms with Crippen LogP contribution in [0.1, 0.15) is 0 Å². The fourth-order valence-electron chi connectivity index (χ4n) is 7.62. The molecule has 2 nitrogen and oxygen atoms in total. The van der Waals surface area contributed by atoms with Gasteiger partial charge in [-0.1, -0.05) is 133 Å². The molecule has 0 fully saturated rings. The van der Waals surface area contributed by atoms with Crippen LogP contribution in [0.5, 0.6) is 0 Å². The summed E-state index contributed by atoms with van der Waals surface area (Å²) < 4.78 is 12.7. The van der Waals surface area contributed by atoms with E-state index in [1.165, 1.54) is 49.4 Å². The zero-order valence-corrected chi connectivity index (χ0v) is 26.0. The average molecular weight is 613 g/mol.